The zero-order valence-electron chi connectivity index (χ0n) is 53.3. The van der Waals surface area contributed by atoms with Gasteiger partial charge in [0.1, 0.15) is 48.9 Å². The summed E-state index contributed by atoms with van der Waals surface area (Å²) in [5.41, 5.74) is 7.39. The molecule has 0 radical (unpaired) electrons. The van der Waals surface area contributed by atoms with Crippen molar-refractivity contribution in [1.29, 1.82) is 0 Å². The smallest absolute Gasteiger partial charge is 0.178 e. The molecule has 2 aliphatic heterocycles. The number of thioether (sulfide) groups is 1. The van der Waals surface area contributed by atoms with E-state index < -0.39 is 27.2 Å². The van der Waals surface area contributed by atoms with Crippen LogP contribution in [0.2, 0.25) is 38.3 Å². The average molecular weight is 1260 g/mol. The molecule has 9 rings (SSSR count). The Morgan fingerprint density at radius 1 is 0.607 bits per heavy atom. The Balaban J connectivity index is -0.000000791. The van der Waals surface area contributed by atoms with Crippen LogP contribution in [0.25, 0.3) is 28.0 Å². The first-order valence-corrected chi connectivity index (χ1v) is 38.6. The summed E-state index contributed by atoms with van der Waals surface area (Å²) in [4.78, 5) is 0.739. The summed E-state index contributed by atoms with van der Waals surface area (Å²) in [7, 11) is -3.42. The average Bonchev–Trinajstić information content (AvgIpc) is 1.49. The third-order valence-corrected chi connectivity index (χ3v) is 26.4. The minimum absolute atomic E-state index is 0. The molecule has 7 nitrogen and oxygen atoms in total. The molecular weight excluding hydrogens is 1150 g/mol. The van der Waals surface area contributed by atoms with Crippen LogP contribution in [0, 0.1) is 119 Å². The van der Waals surface area contributed by atoms with Gasteiger partial charge in [0.2, 0.25) is 0 Å². The topological polar surface area (TPSA) is 64.6 Å². The first-order chi connectivity index (χ1) is 43.2. The van der Waals surface area contributed by atoms with E-state index in [4.69, 9.17) is 39.0 Å². The van der Waals surface area contributed by atoms with E-state index in [-0.39, 0.29) is 54.7 Å². The van der Waals surface area contributed by atoms with E-state index in [1.807, 2.05) is 23.9 Å². The molecule has 10 heteroatoms. The second-order valence-corrected chi connectivity index (χ2v) is 34.9. The maximum atomic E-state index is 7.99. The van der Waals surface area contributed by atoms with Gasteiger partial charge in [-0.25, -0.2) is 0 Å². The third-order valence-electron chi connectivity index (χ3n) is 17.0. The maximum absolute atomic E-state index is 7.99. The van der Waals surface area contributed by atoms with Crippen LogP contribution >= 0.6 is 11.8 Å². The lowest BCUT2D eigenvalue weighted by Crippen LogP contribution is -2.44. The Hall–Kier alpha value is -8.16. The maximum Gasteiger partial charge on any atom is 0.178 e. The van der Waals surface area contributed by atoms with Crippen LogP contribution in [-0.2, 0) is 24.6 Å². The van der Waals surface area contributed by atoms with Gasteiger partial charge in [0.05, 0.1) is 11.5 Å². The van der Waals surface area contributed by atoms with E-state index in [1.165, 1.54) is 84.2 Å². The summed E-state index contributed by atoms with van der Waals surface area (Å²) in [5, 5.41) is 2.26. The first-order valence-electron chi connectivity index (χ1n) is 31.5. The van der Waals surface area contributed by atoms with Crippen molar-refractivity contribution in [2.24, 2.45) is 11.8 Å². The van der Waals surface area contributed by atoms with Gasteiger partial charge in [0.25, 0.3) is 0 Å². The lowest BCUT2D eigenvalue weighted by Gasteiger charge is -2.40. The van der Waals surface area contributed by atoms with E-state index in [9.17, 15) is 0 Å². The minimum Gasteiger partial charge on any atom is -0.491 e. The summed E-state index contributed by atoms with van der Waals surface area (Å²) in [6, 6.07) is 32.9. The van der Waals surface area contributed by atoms with Gasteiger partial charge in [-0.15, -0.1) is 6.42 Å². The monoisotopic (exact) mass is 1260 g/mol. The van der Waals surface area contributed by atoms with Crippen molar-refractivity contribution >= 4 is 45.2 Å². The highest BCUT2D eigenvalue weighted by Gasteiger charge is 2.50. The van der Waals surface area contributed by atoms with Gasteiger partial charge in [0.15, 0.2) is 27.2 Å². The lowest BCUT2D eigenvalue weighted by atomic mass is 9.67. The van der Waals surface area contributed by atoms with Gasteiger partial charge < -0.3 is 32.5 Å². The summed E-state index contributed by atoms with van der Waals surface area (Å²) in [5.74, 6) is 44.4. The second-order valence-electron chi connectivity index (χ2n) is 24.8. The molecular formula is C79H114O7SSi2. The lowest BCUT2D eigenvalue weighted by molar-refractivity contribution is 0.0757. The molecule has 89 heavy (non-hydrogen) atoms. The summed E-state index contributed by atoms with van der Waals surface area (Å²) in [6.07, 6.45) is 24.1. The van der Waals surface area contributed by atoms with Gasteiger partial charge in [0, 0.05) is 118 Å². The Kier molecular flexibility index (Phi) is 22.3. The van der Waals surface area contributed by atoms with Crippen LogP contribution in [0.5, 0.6) is 23.0 Å². The number of rotatable bonds is 21. The van der Waals surface area contributed by atoms with Gasteiger partial charge in [-0.3, -0.25) is 0 Å². The molecule has 1 saturated carbocycles. The number of ether oxygens (including phenoxy) is 6. The molecule has 0 aromatic heterocycles. The Morgan fingerprint density at radius 3 is 1.74 bits per heavy atom. The number of unbranched alkanes of at least 4 members (excludes halogenated alkanes) is 1. The van der Waals surface area contributed by atoms with Crippen molar-refractivity contribution in [2.45, 2.75) is 158 Å². The molecule has 0 bridgehead atoms. The van der Waals surface area contributed by atoms with Crippen LogP contribution in [-0.4, -0.2) is 54.6 Å². The Labute approximate surface area is 562 Å². The standard InChI is InChI=1S/C79H80O7SSi2.17H2/c1-11-13-15-16-17-18-19-20-21-22-23-24-25-26-30-35-51-80-53-55-82-65-43-39-63(40-44-65)78(64-41-45-66(46-42-64)83-56-54-81-52-36-58-89(9,10)86-88(7,8)57-14-12-2)50-47-68-75-74(67-37-31-32-38-71(67)77(75)48-33-28-27-29-34-49-77)69-59-72-73(60-70(69)76(68)85-78)87-79(84-72,61(3)4)62(5)6;;;;;;;;;;;;;;;;;/h1,31-32,37-47,50,59-62H,12,14,27-29,33-34,36,48-49,52-58H2,2-10H3;17*1H. The molecule has 1 spiro atoms. The molecule has 5 aromatic carbocycles. The van der Waals surface area contributed by atoms with Crippen LogP contribution in [0.4, 0.5) is 0 Å². The normalized spacial score (nSPS) is 15.9. The Morgan fingerprint density at radius 2 is 1.16 bits per heavy atom. The number of hydrogen-bond donors (Lipinski definition) is 0. The fourth-order valence-corrected chi connectivity index (χ4v) is 23.4. The number of benzene rings is 5. The van der Waals surface area contributed by atoms with E-state index >= 15 is 0 Å². The van der Waals surface area contributed by atoms with E-state index in [1.54, 1.807) is 0 Å². The van der Waals surface area contributed by atoms with Gasteiger partial charge in [-0.05, 0) is 175 Å². The fraction of sp³-hybridized carbons (Fsp3) is 0.392. The van der Waals surface area contributed by atoms with Crippen LogP contribution < -0.4 is 18.9 Å². The summed E-state index contributed by atoms with van der Waals surface area (Å²) >= 11 is 1.86. The van der Waals surface area contributed by atoms with Crippen molar-refractivity contribution in [2.75, 3.05) is 33.0 Å². The quantitative estimate of drug-likeness (QED) is 0.0409. The predicted molar refractivity (Wildman–Crippen MR) is 405 cm³/mol. The molecule has 2 aliphatic carbocycles. The molecule has 1 unspecified atom stereocenters. The van der Waals surface area contributed by atoms with Crippen LogP contribution in [0.3, 0.4) is 0 Å². The fourth-order valence-electron chi connectivity index (χ4n) is 13.1. The van der Waals surface area contributed by atoms with Crippen LogP contribution in [0.15, 0.2) is 95.9 Å². The molecule has 4 aliphatic rings. The SMILES string of the molecule is C#CC#CC#CC#CC#CC#CC#CC#CC#COCCOc1ccc(C2(c3ccc(OCCOCCC[Si](C)(C)O[Si](C)(C)CCCC)cc3)C=Cc3c4c(c5cc6c(cc5c3O2)SC(C(C)C)(C(C)C)O6)-c2ccccc2C42CCCCCCC2)cc1.[HH].[HH].[HH].[HH].[HH].[HH].[HH].[HH].[HH].[HH].[HH].[HH].[HH].[HH].[HH].[HH].[HH]. The highest BCUT2D eigenvalue weighted by molar-refractivity contribution is 8.01. The van der Waals surface area contributed by atoms with E-state index in [0.717, 1.165) is 64.0 Å². The summed E-state index contributed by atoms with van der Waals surface area (Å²) in [6.45, 7) is 23.0. The van der Waals surface area contributed by atoms with E-state index in [2.05, 4.69) is 247 Å². The van der Waals surface area contributed by atoms with Crippen molar-refractivity contribution in [1.82, 2.24) is 0 Å². The van der Waals surface area contributed by atoms with Crippen molar-refractivity contribution < 1.29 is 56.8 Å². The second kappa shape index (κ2) is 30.4. The zero-order chi connectivity index (χ0) is 62.7. The Bertz CT molecular complexity index is 4070. The van der Waals surface area contributed by atoms with Gasteiger partial charge in [-0.1, -0.05) is 146 Å². The molecule has 0 N–H and O–H groups in total. The molecule has 1 fully saturated rings. The molecule has 2 heterocycles. The minimum atomic E-state index is -1.77. The van der Waals surface area contributed by atoms with Gasteiger partial charge >= 0.3 is 0 Å². The highest BCUT2D eigenvalue weighted by Crippen LogP contribution is 2.64. The highest BCUT2D eigenvalue weighted by atomic mass is 32.2. The molecule has 0 saturated heterocycles. The van der Waals surface area contributed by atoms with Crippen molar-refractivity contribution in [3.05, 3.63) is 119 Å². The molecule has 0 amide bonds. The number of terminal acetylenes is 1. The molecule has 5 aromatic rings. The number of fused-ring (bicyclic) bond motifs is 11. The first kappa shape index (κ1) is 65.3. The summed E-state index contributed by atoms with van der Waals surface area (Å²) < 4.78 is 46.3. The van der Waals surface area contributed by atoms with E-state index in [0.29, 0.717) is 25.6 Å². The van der Waals surface area contributed by atoms with Crippen LogP contribution in [0.1, 0.15) is 151 Å². The van der Waals surface area contributed by atoms with Crippen molar-refractivity contribution in [3.63, 3.8) is 0 Å². The molecule has 486 valence electrons. The number of hydrogen-bond acceptors (Lipinski definition) is 8. The predicted octanol–water partition coefficient (Wildman–Crippen LogP) is 20.9. The zero-order valence-corrected chi connectivity index (χ0v) is 56.1. The molecule has 1 atom stereocenters. The van der Waals surface area contributed by atoms with Gasteiger partial charge in [-0.2, -0.15) is 0 Å². The largest absolute Gasteiger partial charge is 0.491 e. The third kappa shape index (κ3) is 15.6. The van der Waals surface area contributed by atoms with Crippen molar-refractivity contribution in [3.8, 4) is 141 Å².